The molecule has 0 saturated carbocycles. The lowest BCUT2D eigenvalue weighted by molar-refractivity contribution is -0.157. The number of nitrogens with zero attached hydrogens (tertiary/aromatic N) is 1. The molecule has 1 N–H and O–H groups in total. The molecule has 0 aromatic heterocycles. The first-order valence-corrected chi connectivity index (χ1v) is 8.58. The van der Waals surface area contributed by atoms with Gasteiger partial charge >= 0.3 is 12.1 Å². The quantitative estimate of drug-likeness (QED) is 0.859. The molecular weight excluding hydrogens is 367 g/mol. The number of carbonyl (C=O) groups excluding carboxylic acids is 1. The van der Waals surface area contributed by atoms with E-state index in [4.69, 9.17) is 9.47 Å². The first-order chi connectivity index (χ1) is 12.6. The fraction of sp³-hybridized carbons (Fsp3) is 0.556. The SMILES string of the molecule is CC(Oc1ccccc1C(F)(F)F)C(=O)N1C[C@H]2COCC[C@@]2(C(=O)O)C1. The predicted molar refractivity (Wildman–Crippen MR) is 87.1 cm³/mol. The number of amides is 1. The Morgan fingerprint density at radius 2 is 2.07 bits per heavy atom. The number of para-hydroxylation sites is 1. The highest BCUT2D eigenvalue weighted by Crippen LogP contribution is 2.43. The molecular formula is C18H20F3NO5. The average molecular weight is 387 g/mol. The van der Waals surface area contributed by atoms with E-state index in [1.165, 1.54) is 24.0 Å². The molecule has 0 spiro atoms. The topological polar surface area (TPSA) is 76.1 Å². The second kappa shape index (κ2) is 7.03. The molecule has 2 saturated heterocycles. The van der Waals surface area contributed by atoms with E-state index in [-0.39, 0.29) is 25.6 Å². The maximum Gasteiger partial charge on any atom is 0.419 e. The molecule has 1 aromatic carbocycles. The van der Waals surface area contributed by atoms with Crippen LogP contribution in [-0.4, -0.2) is 54.3 Å². The van der Waals surface area contributed by atoms with Crippen LogP contribution in [0.1, 0.15) is 18.9 Å². The Hall–Kier alpha value is -2.29. The fourth-order valence-electron chi connectivity index (χ4n) is 3.77. The van der Waals surface area contributed by atoms with Gasteiger partial charge in [-0.15, -0.1) is 0 Å². The summed E-state index contributed by atoms with van der Waals surface area (Å²) < 4.78 is 49.9. The van der Waals surface area contributed by atoms with Gasteiger partial charge < -0.3 is 19.5 Å². The van der Waals surface area contributed by atoms with Crippen molar-refractivity contribution < 1.29 is 37.3 Å². The fourth-order valence-corrected chi connectivity index (χ4v) is 3.77. The summed E-state index contributed by atoms with van der Waals surface area (Å²) in [4.78, 5) is 25.9. The summed E-state index contributed by atoms with van der Waals surface area (Å²) in [5.41, 5.74) is -2.03. The molecule has 0 aliphatic carbocycles. The number of hydrogen-bond acceptors (Lipinski definition) is 4. The zero-order chi connectivity index (χ0) is 19.8. The number of aliphatic carboxylic acids is 1. The maximum atomic E-state index is 13.1. The number of ether oxygens (including phenoxy) is 2. The van der Waals surface area contributed by atoms with Crippen molar-refractivity contribution in [3.05, 3.63) is 29.8 Å². The Kier molecular flexibility index (Phi) is 5.07. The number of hydrogen-bond donors (Lipinski definition) is 1. The summed E-state index contributed by atoms with van der Waals surface area (Å²) in [7, 11) is 0. The van der Waals surface area contributed by atoms with E-state index >= 15 is 0 Å². The number of carbonyl (C=O) groups is 2. The van der Waals surface area contributed by atoms with Gasteiger partial charge in [0, 0.05) is 25.6 Å². The van der Waals surface area contributed by atoms with Crippen molar-refractivity contribution in [2.24, 2.45) is 11.3 Å². The largest absolute Gasteiger partial charge is 0.481 e. The molecule has 2 fully saturated rings. The van der Waals surface area contributed by atoms with Gasteiger partial charge in [0.1, 0.15) is 5.75 Å². The minimum absolute atomic E-state index is 0.00378. The molecule has 9 heteroatoms. The highest BCUT2D eigenvalue weighted by Gasteiger charge is 2.55. The van der Waals surface area contributed by atoms with Gasteiger partial charge in [0.25, 0.3) is 5.91 Å². The van der Waals surface area contributed by atoms with Crippen molar-refractivity contribution in [2.75, 3.05) is 26.3 Å². The standard InChI is InChI=1S/C18H20F3NO5/c1-11(27-14-5-3-2-4-13(14)18(19,20)21)15(23)22-8-12-9-26-7-6-17(12,10-22)16(24)25/h2-5,11-12H,6-10H2,1H3,(H,24,25)/t11?,12-,17+/m0/s1. The number of halogens is 3. The number of likely N-dealkylation sites (tertiary alicyclic amines) is 1. The van der Waals surface area contributed by atoms with Crippen LogP contribution in [0, 0.1) is 11.3 Å². The first-order valence-electron chi connectivity index (χ1n) is 8.58. The Morgan fingerprint density at radius 3 is 2.70 bits per heavy atom. The van der Waals surface area contributed by atoms with Crippen molar-refractivity contribution in [2.45, 2.75) is 25.6 Å². The average Bonchev–Trinajstić information content (AvgIpc) is 3.01. The van der Waals surface area contributed by atoms with E-state index in [9.17, 15) is 27.9 Å². The highest BCUT2D eigenvalue weighted by atomic mass is 19.4. The lowest BCUT2D eigenvalue weighted by Crippen LogP contribution is -2.45. The molecule has 1 unspecified atom stereocenters. The third kappa shape index (κ3) is 3.60. The van der Waals surface area contributed by atoms with Gasteiger partial charge in [0.05, 0.1) is 17.6 Å². The Bertz CT molecular complexity index is 738. The number of benzene rings is 1. The van der Waals surface area contributed by atoms with Crippen molar-refractivity contribution in [3.8, 4) is 5.75 Å². The van der Waals surface area contributed by atoms with Gasteiger partial charge in [-0.05, 0) is 25.5 Å². The van der Waals surface area contributed by atoms with E-state index in [1.54, 1.807) is 0 Å². The van der Waals surface area contributed by atoms with Crippen LogP contribution in [0.15, 0.2) is 24.3 Å². The summed E-state index contributed by atoms with van der Waals surface area (Å²) >= 11 is 0. The lowest BCUT2D eigenvalue weighted by atomic mass is 9.74. The van der Waals surface area contributed by atoms with Crippen molar-refractivity contribution in [1.82, 2.24) is 4.90 Å². The molecule has 1 amide bonds. The predicted octanol–water partition coefficient (Wildman–Crippen LogP) is 2.42. The maximum absolute atomic E-state index is 13.1. The number of fused-ring (bicyclic) bond motifs is 1. The van der Waals surface area contributed by atoms with Gasteiger partial charge in [-0.1, -0.05) is 12.1 Å². The third-order valence-corrected chi connectivity index (χ3v) is 5.29. The van der Waals surface area contributed by atoms with Crippen LogP contribution in [0.3, 0.4) is 0 Å². The van der Waals surface area contributed by atoms with Crippen LogP contribution in [0.25, 0.3) is 0 Å². The molecule has 0 radical (unpaired) electrons. The third-order valence-electron chi connectivity index (χ3n) is 5.29. The molecule has 2 heterocycles. The molecule has 148 valence electrons. The second-order valence-corrected chi connectivity index (χ2v) is 6.96. The number of rotatable bonds is 4. The molecule has 27 heavy (non-hydrogen) atoms. The minimum Gasteiger partial charge on any atom is -0.481 e. The van der Waals surface area contributed by atoms with E-state index in [0.717, 1.165) is 12.1 Å². The molecule has 1 aromatic rings. The first kappa shape index (κ1) is 19.5. The van der Waals surface area contributed by atoms with Crippen molar-refractivity contribution >= 4 is 11.9 Å². The Balaban J connectivity index is 1.75. The molecule has 3 atom stereocenters. The van der Waals surface area contributed by atoms with E-state index in [0.29, 0.717) is 13.0 Å². The van der Waals surface area contributed by atoms with Crippen LogP contribution in [0.2, 0.25) is 0 Å². The van der Waals surface area contributed by atoms with E-state index in [2.05, 4.69) is 0 Å². The van der Waals surface area contributed by atoms with Crippen molar-refractivity contribution in [3.63, 3.8) is 0 Å². The van der Waals surface area contributed by atoms with Crippen LogP contribution < -0.4 is 4.74 Å². The normalized spacial score (nSPS) is 26.4. The van der Waals surface area contributed by atoms with Crippen LogP contribution in [-0.2, 0) is 20.5 Å². The smallest absolute Gasteiger partial charge is 0.419 e. The molecule has 3 rings (SSSR count). The van der Waals surface area contributed by atoms with Crippen LogP contribution in [0.5, 0.6) is 5.75 Å². The van der Waals surface area contributed by atoms with Crippen molar-refractivity contribution in [1.29, 1.82) is 0 Å². The minimum atomic E-state index is -4.60. The van der Waals surface area contributed by atoms with Gasteiger partial charge in [0.2, 0.25) is 0 Å². The summed E-state index contributed by atoms with van der Waals surface area (Å²) in [6.45, 7) is 2.09. The summed E-state index contributed by atoms with van der Waals surface area (Å²) in [6, 6.07) is 4.67. The highest BCUT2D eigenvalue weighted by molar-refractivity contribution is 5.84. The summed E-state index contributed by atoms with van der Waals surface area (Å²) in [5.74, 6) is -2.30. The van der Waals surface area contributed by atoms with Gasteiger partial charge in [-0.3, -0.25) is 9.59 Å². The zero-order valence-corrected chi connectivity index (χ0v) is 14.7. The van der Waals surface area contributed by atoms with Gasteiger partial charge in [-0.2, -0.15) is 13.2 Å². The number of carboxylic acid groups (broad SMARTS) is 1. The molecule has 2 aliphatic rings. The van der Waals surface area contributed by atoms with Gasteiger partial charge in [0.15, 0.2) is 6.10 Å². The molecule has 2 aliphatic heterocycles. The Labute approximate surface area is 153 Å². The molecule has 6 nitrogen and oxygen atoms in total. The van der Waals surface area contributed by atoms with E-state index < -0.39 is 40.9 Å². The second-order valence-electron chi connectivity index (χ2n) is 6.96. The van der Waals surface area contributed by atoms with Gasteiger partial charge in [-0.25, -0.2) is 0 Å². The Morgan fingerprint density at radius 1 is 1.37 bits per heavy atom. The van der Waals surface area contributed by atoms with Crippen LogP contribution in [0.4, 0.5) is 13.2 Å². The summed E-state index contributed by atoms with van der Waals surface area (Å²) in [6.07, 6.45) is -5.49. The van der Waals surface area contributed by atoms with Crippen LogP contribution >= 0.6 is 0 Å². The molecule has 0 bridgehead atoms. The van der Waals surface area contributed by atoms with E-state index in [1.807, 2.05) is 0 Å². The number of carboxylic acids is 1. The monoisotopic (exact) mass is 387 g/mol. The lowest BCUT2D eigenvalue weighted by Gasteiger charge is -2.33. The zero-order valence-electron chi connectivity index (χ0n) is 14.7. The summed E-state index contributed by atoms with van der Waals surface area (Å²) in [5, 5.41) is 9.65. The number of alkyl halides is 3.